The number of furan rings is 1. The molecule has 0 aliphatic carbocycles. The molecule has 2 aromatic heterocycles. The van der Waals surface area contributed by atoms with Gasteiger partial charge in [-0.05, 0) is 13.0 Å². The number of aromatic nitrogens is 3. The molecule has 10 heteroatoms. The summed E-state index contributed by atoms with van der Waals surface area (Å²) in [6, 6.07) is 1.66. The molecule has 9 nitrogen and oxygen atoms in total. The van der Waals surface area contributed by atoms with Crippen molar-refractivity contribution in [3.63, 3.8) is 0 Å². The fourth-order valence-electron chi connectivity index (χ4n) is 1.98. The summed E-state index contributed by atoms with van der Waals surface area (Å²) >= 11 is 0. The summed E-state index contributed by atoms with van der Waals surface area (Å²) in [4.78, 5) is 19.8. The Morgan fingerprint density at radius 2 is 2.12 bits per heavy atom. The fourth-order valence-corrected chi connectivity index (χ4v) is 1.98. The van der Waals surface area contributed by atoms with Crippen LogP contribution in [0, 0.1) is 6.92 Å². The normalized spacial score (nSPS) is 10.9. The van der Waals surface area contributed by atoms with Gasteiger partial charge < -0.3 is 19.8 Å². The van der Waals surface area contributed by atoms with Gasteiger partial charge in [0.25, 0.3) is 0 Å². The molecule has 0 unspecified atom stereocenters. The molecule has 0 bridgehead atoms. The summed E-state index contributed by atoms with van der Waals surface area (Å²) in [6.07, 6.45) is 1.49. The van der Waals surface area contributed by atoms with E-state index in [-0.39, 0.29) is 24.0 Å². The Hall–Kier alpha value is -2.11. The van der Waals surface area contributed by atoms with Crippen LogP contribution in [0.25, 0.3) is 0 Å². The molecule has 2 heterocycles. The van der Waals surface area contributed by atoms with E-state index in [1.54, 1.807) is 24.7 Å². The van der Waals surface area contributed by atoms with Crippen molar-refractivity contribution in [3.05, 3.63) is 35.3 Å². The number of carbonyl (C=O) groups excluding carboxylic acids is 1. The highest BCUT2D eigenvalue weighted by Crippen LogP contribution is 2.15. The predicted molar refractivity (Wildman–Crippen MR) is 98.2 cm³/mol. The number of nitrogens with zero attached hydrogens (tertiary/aromatic N) is 4. The van der Waals surface area contributed by atoms with E-state index >= 15 is 0 Å². The Morgan fingerprint density at radius 3 is 2.71 bits per heavy atom. The Balaban J connectivity index is 0.00000288. The van der Waals surface area contributed by atoms with Crippen LogP contribution in [0.5, 0.6) is 0 Å². The van der Waals surface area contributed by atoms with Gasteiger partial charge in [-0.25, -0.2) is 9.78 Å². The molecule has 2 N–H and O–H groups in total. The third-order valence-electron chi connectivity index (χ3n) is 3.25. The number of rotatable bonds is 5. The number of hydrogen-bond donors (Lipinski definition) is 2. The number of guanidine groups is 1. The Morgan fingerprint density at radius 1 is 1.42 bits per heavy atom. The van der Waals surface area contributed by atoms with E-state index in [0.717, 1.165) is 5.82 Å². The molecule has 2 rings (SSSR count). The Labute approximate surface area is 156 Å². The molecule has 0 radical (unpaired) electrons. The van der Waals surface area contributed by atoms with Crippen molar-refractivity contribution in [2.24, 2.45) is 12.0 Å². The summed E-state index contributed by atoms with van der Waals surface area (Å²) in [5.41, 5.74) is 0.423. The van der Waals surface area contributed by atoms with E-state index in [2.05, 4.69) is 25.7 Å². The molecule has 132 valence electrons. The zero-order valence-electron chi connectivity index (χ0n) is 14.0. The minimum Gasteiger partial charge on any atom is -0.465 e. The van der Waals surface area contributed by atoms with Crippen molar-refractivity contribution >= 4 is 35.9 Å². The van der Waals surface area contributed by atoms with Crippen LogP contribution in [0.1, 0.15) is 27.7 Å². The topological polar surface area (TPSA) is 107 Å². The van der Waals surface area contributed by atoms with E-state index in [4.69, 9.17) is 9.15 Å². The van der Waals surface area contributed by atoms with Crippen LogP contribution in [0.2, 0.25) is 0 Å². The first-order valence-electron chi connectivity index (χ1n) is 7.00. The number of methoxy groups -OCH3 is 1. The number of carbonyl (C=O) groups is 1. The molecule has 0 fully saturated rings. The number of aliphatic imine (C=N–C) groups is 1. The molecule has 24 heavy (non-hydrogen) atoms. The van der Waals surface area contributed by atoms with E-state index in [1.807, 2.05) is 7.05 Å². The Bertz CT molecular complexity index is 709. The zero-order chi connectivity index (χ0) is 16.8. The maximum absolute atomic E-state index is 11.6. The van der Waals surface area contributed by atoms with Gasteiger partial charge in [0, 0.05) is 14.1 Å². The van der Waals surface area contributed by atoms with Crippen LogP contribution in [0.15, 0.2) is 21.8 Å². The Kier molecular flexibility index (Phi) is 7.68. The molecule has 0 aliphatic rings. The second-order valence-corrected chi connectivity index (χ2v) is 4.75. The fraction of sp³-hybridized carbons (Fsp3) is 0.429. The summed E-state index contributed by atoms with van der Waals surface area (Å²) in [5, 5.41) is 10.2. The maximum atomic E-state index is 11.6. The highest BCUT2D eigenvalue weighted by atomic mass is 127. The van der Waals surface area contributed by atoms with Gasteiger partial charge in [-0.15, -0.1) is 24.0 Å². The van der Waals surface area contributed by atoms with Crippen LogP contribution >= 0.6 is 24.0 Å². The first-order chi connectivity index (χ1) is 11.0. The van der Waals surface area contributed by atoms with Crippen molar-refractivity contribution in [3.8, 4) is 0 Å². The lowest BCUT2D eigenvalue weighted by molar-refractivity contribution is 0.0599. The van der Waals surface area contributed by atoms with Crippen molar-refractivity contribution in [2.45, 2.75) is 20.0 Å². The van der Waals surface area contributed by atoms with Gasteiger partial charge in [-0.2, -0.15) is 5.10 Å². The summed E-state index contributed by atoms with van der Waals surface area (Å²) < 4.78 is 11.9. The standard InChI is InChI=1S/C14H20N6O3.HI/c1-9-11(13(21)22-4)5-10(23-9)6-16-14(15-2)17-7-12-18-8-19-20(12)3;/h5,8H,6-7H2,1-4H3,(H2,15,16,17);1H. The van der Waals surface area contributed by atoms with Crippen molar-refractivity contribution < 1.29 is 13.9 Å². The lowest BCUT2D eigenvalue weighted by Crippen LogP contribution is -2.36. The van der Waals surface area contributed by atoms with Crippen LogP contribution < -0.4 is 10.6 Å². The minimum absolute atomic E-state index is 0. The number of hydrogen-bond acceptors (Lipinski definition) is 6. The first-order valence-corrected chi connectivity index (χ1v) is 7.00. The average molecular weight is 448 g/mol. The van der Waals surface area contributed by atoms with Gasteiger partial charge in [0.1, 0.15) is 29.2 Å². The second-order valence-electron chi connectivity index (χ2n) is 4.75. The van der Waals surface area contributed by atoms with Crippen LogP contribution in [-0.2, 0) is 24.9 Å². The monoisotopic (exact) mass is 448 g/mol. The van der Waals surface area contributed by atoms with Gasteiger partial charge in [0.05, 0.1) is 20.2 Å². The minimum atomic E-state index is -0.415. The molecule has 0 amide bonds. The SMILES string of the molecule is CN=C(NCc1cc(C(=O)OC)c(C)o1)NCc1ncnn1C.I. The second kappa shape index (κ2) is 9.25. The quantitative estimate of drug-likeness (QED) is 0.304. The molecule has 2 aromatic rings. The summed E-state index contributed by atoms with van der Waals surface area (Å²) in [6.45, 7) is 2.59. The number of aryl methyl sites for hydroxylation is 2. The highest BCUT2D eigenvalue weighted by molar-refractivity contribution is 14.0. The van der Waals surface area contributed by atoms with Crippen molar-refractivity contribution in [1.29, 1.82) is 0 Å². The van der Waals surface area contributed by atoms with E-state index in [0.29, 0.717) is 36.1 Å². The molecule has 0 atom stereocenters. The molecular weight excluding hydrogens is 427 g/mol. The lowest BCUT2D eigenvalue weighted by Gasteiger charge is -2.10. The van der Waals surface area contributed by atoms with Crippen molar-refractivity contribution in [1.82, 2.24) is 25.4 Å². The number of esters is 1. The van der Waals surface area contributed by atoms with Gasteiger partial charge in [-0.3, -0.25) is 9.67 Å². The summed E-state index contributed by atoms with van der Waals surface area (Å²) in [5.74, 6) is 2.10. The van der Waals surface area contributed by atoms with E-state index in [9.17, 15) is 4.79 Å². The summed E-state index contributed by atoms with van der Waals surface area (Å²) in [7, 11) is 4.82. The van der Waals surface area contributed by atoms with Crippen LogP contribution in [0.3, 0.4) is 0 Å². The highest BCUT2D eigenvalue weighted by Gasteiger charge is 2.15. The largest absolute Gasteiger partial charge is 0.465 e. The number of halogens is 1. The lowest BCUT2D eigenvalue weighted by atomic mass is 10.2. The van der Waals surface area contributed by atoms with Crippen molar-refractivity contribution in [2.75, 3.05) is 14.2 Å². The average Bonchev–Trinajstić information content (AvgIpc) is 3.12. The van der Waals surface area contributed by atoms with Gasteiger partial charge in [-0.1, -0.05) is 0 Å². The predicted octanol–water partition coefficient (Wildman–Crippen LogP) is 0.986. The molecule has 0 saturated heterocycles. The van der Waals surface area contributed by atoms with E-state index in [1.165, 1.54) is 13.4 Å². The van der Waals surface area contributed by atoms with Crippen LogP contribution in [-0.4, -0.2) is 40.9 Å². The zero-order valence-corrected chi connectivity index (χ0v) is 16.3. The molecule has 0 saturated carbocycles. The molecule has 0 aliphatic heterocycles. The molecule has 0 spiro atoms. The van der Waals surface area contributed by atoms with Gasteiger partial charge in [0.2, 0.25) is 0 Å². The van der Waals surface area contributed by atoms with Gasteiger partial charge >= 0.3 is 5.97 Å². The smallest absolute Gasteiger partial charge is 0.341 e. The molecule has 0 aromatic carbocycles. The van der Waals surface area contributed by atoms with Crippen LogP contribution in [0.4, 0.5) is 0 Å². The van der Waals surface area contributed by atoms with Gasteiger partial charge in [0.15, 0.2) is 5.96 Å². The maximum Gasteiger partial charge on any atom is 0.341 e. The number of ether oxygens (including phenoxy) is 1. The third-order valence-corrected chi connectivity index (χ3v) is 3.25. The molecular formula is C14H21IN6O3. The first kappa shape index (κ1) is 19.9. The third kappa shape index (κ3) is 4.94. The van der Waals surface area contributed by atoms with E-state index < -0.39 is 5.97 Å². The number of nitrogens with one attached hydrogen (secondary N) is 2.